The summed E-state index contributed by atoms with van der Waals surface area (Å²) in [4.78, 5) is 0. The second-order valence-electron chi connectivity index (χ2n) is 6.02. The average Bonchev–Trinajstić information content (AvgIpc) is 2.84. The first-order chi connectivity index (χ1) is 10.3. The quantitative estimate of drug-likeness (QED) is 0.495. The van der Waals surface area contributed by atoms with Gasteiger partial charge in [-0.2, -0.15) is 0 Å². The Bertz CT molecular complexity index is 642. The van der Waals surface area contributed by atoms with Crippen molar-refractivity contribution in [3.05, 3.63) is 47.2 Å². The zero-order chi connectivity index (χ0) is 14.7. The first-order valence-corrected chi connectivity index (χ1v) is 7.93. The van der Waals surface area contributed by atoms with Crippen LogP contribution in [0.3, 0.4) is 0 Å². The first-order valence-electron chi connectivity index (χ1n) is 7.93. The van der Waals surface area contributed by atoms with Crippen molar-refractivity contribution in [2.75, 3.05) is 0 Å². The van der Waals surface area contributed by atoms with Crippen molar-refractivity contribution in [2.24, 2.45) is 5.84 Å². The third kappa shape index (κ3) is 3.20. The Labute approximate surface area is 126 Å². The van der Waals surface area contributed by atoms with E-state index in [1.807, 2.05) is 6.07 Å². The second-order valence-corrected chi connectivity index (χ2v) is 6.02. The standard InChI is InChI=1S/C18H24N2O/c1-13-9-10-16-15(11-13)12-17(21-16)18(20-19)14-7-5-3-2-4-6-8-14/h7,9-12,18,20H,2-6,8,19H2,1H3/b14-7+. The number of hydrogen-bond donors (Lipinski definition) is 2. The molecule has 1 aromatic heterocycles. The van der Waals surface area contributed by atoms with Gasteiger partial charge in [0.15, 0.2) is 0 Å². The molecule has 1 aliphatic rings. The molecule has 1 heterocycles. The molecule has 1 unspecified atom stereocenters. The molecule has 21 heavy (non-hydrogen) atoms. The summed E-state index contributed by atoms with van der Waals surface area (Å²) in [7, 11) is 0. The van der Waals surface area contributed by atoms with Crippen LogP contribution in [0.2, 0.25) is 0 Å². The van der Waals surface area contributed by atoms with Crippen LogP contribution in [0.1, 0.15) is 55.9 Å². The number of hydrazine groups is 1. The molecule has 0 fully saturated rings. The molecular formula is C18H24N2O. The van der Waals surface area contributed by atoms with Crippen molar-refractivity contribution in [3.63, 3.8) is 0 Å². The summed E-state index contributed by atoms with van der Waals surface area (Å²) in [5.74, 6) is 6.75. The Morgan fingerprint density at radius 3 is 2.86 bits per heavy atom. The van der Waals surface area contributed by atoms with Gasteiger partial charge in [0.25, 0.3) is 0 Å². The number of nitrogens with one attached hydrogen (secondary N) is 1. The molecule has 0 spiro atoms. The van der Waals surface area contributed by atoms with Crippen molar-refractivity contribution in [1.29, 1.82) is 0 Å². The minimum Gasteiger partial charge on any atom is -0.459 e. The minimum atomic E-state index is -0.00388. The Morgan fingerprint density at radius 2 is 2.00 bits per heavy atom. The molecule has 0 amide bonds. The van der Waals surface area contributed by atoms with Crippen LogP contribution in [-0.2, 0) is 0 Å². The average molecular weight is 284 g/mol. The SMILES string of the molecule is Cc1ccc2oc(C(NN)/C3=C/CCCCCC3)cc2c1. The van der Waals surface area contributed by atoms with Crippen LogP contribution in [0, 0.1) is 6.92 Å². The molecule has 112 valence electrons. The number of rotatable bonds is 3. The summed E-state index contributed by atoms with van der Waals surface area (Å²) in [6.07, 6.45) is 9.77. The van der Waals surface area contributed by atoms with E-state index in [1.54, 1.807) is 0 Å². The predicted molar refractivity (Wildman–Crippen MR) is 86.8 cm³/mol. The van der Waals surface area contributed by atoms with Crippen molar-refractivity contribution in [2.45, 2.75) is 51.5 Å². The molecule has 1 atom stereocenters. The summed E-state index contributed by atoms with van der Waals surface area (Å²) in [6, 6.07) is 8.38. The molecule has 3 N–H and O–H groups in total. The largest absolute Gasteiger partial charge is 0.459 e. The fourth-order valence-electron chi connectivity index (χ4n) is 3.18. The number of hydrogen-bond acceptors (Lipinski definition) is 3. The summed E-state index contributed by atoms with van der Waals surface area (Å²) in [5, 5.41) is 1.15. The maximum atomic E-state index is 6.02. The van der Waals surface area contributed by atoms with E-state index in [9.17, 15) is 0 Å². The summed E-state index contributed by atoms with van der Waals surface area (Å²) in [6.45, 7) is 2.10. The smallest absolute Gasteiger partial charge is 0.134 e. The van der Waals surface area contributed by atoms with E-state index in [-0.39, 0.29) is 6.04 Å². The number of furan rings is 1. The highest BCUT2D eigenvalue weighted by molar-refractivity contribution is 5.78. The van der Waals surface area contributed by atoms with Gasteiger partial charge in [0, 0.05) is 5.39 Å². The molecule has 1 aliphatic carbocycles. The van der Waals surface area contributed by atoms with E-state index in [0.717, 1.165) is 29.6 Å². The van der Waals surface area contributed by atoms with Crippen LogP contribution in [0.5, 0.6) is 0 Å². The van der Waals surface area contributed by atoms with Crippen LogP contribution < -0.4 is 11.3 Å². The van der Waals surface area contributed by atoms with Crippen molar-refractivity contribution >= 4 is 11.0 Å². The molecule has 0 radical (unpaired) electrons. The maximum absolute atomic E-state index is 6.02. The highest BCUT2D eigenvalue weighted by atomic mass is 16.3. The fourth-order valence-corrected chi connectivity index (χ4v) is 3.18. The highest BCUT2D eigenvalue weighted by Crippen LogP contribution is 2.32. The molecule has 3 nitrogen and oxygen atoms in total. The molecule has 1 aromatic carbocycles. The predicted octanol–water partition coefficient (Wildman–Crippen LogP) is 4.53. The Hall–Kier alpha value is -1.58. The van der Waals surface area contributed by atoms with Gasteiger partial charge >= 0.3 is 0 Å². The van der Waals surface area contributed by atoms with Crippen LogP contribution in [0.15, 0.2) is 40.3 Å². The van der Waals surface area contributed by atoms with E-state index in [4.69, 9.17) is 10.3 Å². The van der Waals surface area contributed by atoms with Gasteiger partial charge in [0.05, 0.1) is 6.04 Å². The lowest BCUT2D eigenvalue weighted by atomic mass is 9.94. The molecule has 3 heteroatoms. The maximum Gasteiger partial charge on any atom is 0.134 e. The van der Waals surface area contributed by atoms with Crippen LogP contribution >= 0.6 is 0 Å². The summed E-state index contributed by atoms with van der Waals surface area (Å²) >= 11 is 0. The van der Waals surface area contributed by atoms with E-state index in [1.165, 1.54) is 36.8 Å². The van der Waals surface area contributed by atoms with E-state index >= 15 is 0 Å². The molecule has 0 aliphatic heterocycles. The number of allylic oxidation sites excluding steroid dienone is 1. The Morgan fingerprint density at radius 1 is 1.14 bits per heavy atom. The fraction of sp³-hybridized carbons (Fsp3) is 0.444. The molecular weight excluding hydrogens is 260 g/mol. The number of nitrogens with two attached hydrogens (primary N) is 1. The number of fused-ring (bicyclic) bond motifs is 1. The second kappa shape index (κ2) is 6.46. The van der Waals surface area contributed by atoms with Gasteiger partial charge in [-0.25, -0.2) is 5.43 Å². The highest BCUT2D eigenvalue weighted by Gasteiger charge is 2.20. The Balaban J connectivity index is 1.93. The monoisotopic (exact) mass is 284 g/mol. The van der Waals surface area contributed by atoms with E-state index < -0.39 is 0 Å². The number of benzene rings is 1. The van der Waals surface area contributed by atoms with Crippen molar-refractivity contribution in [3.8, 4) is 0 Å². The van der Waals surface area contributed by atoms with Gasteiger partial charge in [0.1, 0.15) is 11.3 Å². The topological polar surface area (TPSA) is 51.2 Å². The zero-order valence-electron chi connectivity index (χ0n) is 12.7. The van der Waals surface area contributed by atoms with E-state index in [0.29, 0.717) is 0 Å². The van der Waals surface area contributed by atoms with E-state index in [2.05, 4.69) is 36.6 Å². The Kier molecular flexibility index (Phi) is 4.42. The zero-order valence-corrected chi connectivity index (χ0v) is 12.7. The van der Waals surface area contributed by atoms with Crippen LogP contribution in [-0.4, -0.2) is 0 Å². The van der Waals surface area contributed by atoms with Crippen molar-refractivity contribution in [1.82, 2.24) is 5.43 Å². The van der Waals surface area contributed by atoms with Gasteiger partial charge in [0.2, 0.25) is 0 Å². The lowest BCUT2D eigenvalue weighted by Gasteiger charge is -2.19. The lowest BCUT2D eigenvalue weighted by molar-refractivity contribution is 0.457. The lowest BCUT2D eigenvalue weighted by Crippen LogP contribution is -2.29. The third-order valence-electron chi connectivity index (χ3n) is 4.34. The van der Waals surface area contributed by atoms with Gasteiger partial charge < -0.3 is 4.42 Å². The van der Waals surface area contributed by atoms with Gasteiger partial charge in [-0.3, -0.25) is 5.84 Å². The number of aryl methyl sites for hydroxylation is 1. The molecule has 2 aromatic rings. The van der Waals surface area contributed by atoms with Crippen LogP contribution in [0.4, 0.5) is 0 Å². The van der Waals surface area contributed by atoms with Gasteiger partial charge in [-0.15, -0.1) is 0 Å². The van der Waals surface area contributed by atoms with Crippen molar-refractivity contribution < 1.29 is 4.42 Å². The third-order valence-corrected chi connectivity index (χ3v) is 4.34. The summed E-state index contributed by atoms with van der Waals surface area (Å²) in [5.41, 5.74) is 6.50. The molecule has 0 saturated carbocycles. The van der Waals surface area contributed by atoms with Crippen LogP contribution in [0.25, 0.3) is 11.0 Å². The minimum absolute atomic E-state index is 0.00388. The molecule has 0 saturated heterocycles. The van der Waals surface area contributed by atoms with Gasteiger partial charge in [-0.1, -0.05) is 30.5 Å². The van der Waals surface area contributed by atoms with Gasteiger partial charge in [-0.05, 0) is 56.4 Å². The normalized spacial score (nSPS) is 20.6. The summed E-state index contributed by atoms with van der Waals surface area (Å²) < 4.78 is 6.02. The molecule has 0 bridgehead atoms. The first kappa shape index (κ1) is 14.4. The molecule has 3 rings (SSSR count).